The predicted octanol–water partition coefficient (Wildman–Crippen LogP) is 3.55. The lowest BCUT2D eigenvalue weighted by Crippen LogP contribution is -2.35. The van der Waals surface area contributed by atoms with Crippen molar-refractivity contribution in [2.24, 2.45) is 5.92 Å². The summed E-state index contributed by atoms with van der Waals surface area (Å²) < 4.78 is 0. The van der Waals surface area contributed by atoms with Crippen molar-refractivity contribution in [3.05, 3.63) is 71.3 Å². The molecule has 0 spiro atoms. The summed E-state index contributed by atoms with van der Waals surface area (Å²) in [5.74, 6) is -0.0381. The van der Waals surface area contributed by atoms with E-state index in [4.69, 9.17) is 0 Å². The Morgan fingerprint density at radius 2 is 1.41 bits per heavy atom. The lowest BCUT2D eigenvalue weighted by Gasteiger charge is -2.21. The minimum atomic E-state index is -0.160. The molecular weight excluding hydrogens is 274 g/mol. The molecule has 0 N–H and O–H groups in total. The summed E-state index contributed by atoms with van der Waals surface area (Å²) >= 11 is 0. The lowest BCUT2D eigenvalue weighted by molar-refractivity contribution is 0.0627. The number of hydrogen-bond donors (Lipinski definition) is 0. The summed E-state index contributed by atoms with van der Waals surface area (Å²) in [6.45, 7) is 2.59. The van der Waals surface area contributed by atoms with Gasteiger partial charge in [-0.2, -0.15) is 0 Å². The molecule has 1 aliphatic heterocycles. The van der Waals surface area contributed by atoms with Gasteiger partial charge >= 0.3 is 0 Å². The molecular formula is C19H19NO2. The van der Waals surface area contributed by atoms with Crippen LogP contribution in [0.25, 0.3) is 0 Å². The van der Waals surface area contributed by atoms with E-state index in [2.05, 4.69) is 19.1 Å². The predicted molar refractivity (Wildman–Crippen MR) is 85.7 cm³/mol. The first kappa shape index (κ1) is 14.5. The van der Waals surface area contributed by atoms with Crippen molar-refractivity contribution in [1.82, 2.24) is 4.90 Å². The highest BCUT2D eigenvalue weighted by molar-refractivity contribution is 6.21. The molecule has 112 valence electrons. The molecule has 3 heteroatoms. The average molecular weight is 293 g/mol. The van der Waals surface area contributed by atoms with Gasteiger partial charge in [0.2, 0.25) is 0 Å². The molecule has 3 nitrogen and oxygen atoms in total. The van der Waals surface area contributed by atoms with Crippen LogP contribution >= 0.6 is 0 Å². The third-order valence-corrected chi connectivity index (χ3v) is 4.26. The molecule has 0 saturated carbocycles. The molecule has 0 aliphatic carbocycles. The van der Waals surface area contributed by atoms with Crippen LogP contribution in [-0.2, 0) is 6.42 Å². The highest BCUT2D eigenvalue weighted by atomic mass is 16.2. The fourth-order valence-electron chi connectivity index (χ4n) is 2.95. The van der Waals surface area contributed by atoms with Gasteiger partial charge in [-0.25, -0.2) is 0 Å². The van der Waals surface area contributed by atoms with E-state index >= 15 is 0 Å². The molecule has 0 fully saturated rings. The Bertz CT molecular complexity index is 659. The van der Waals surface area contributed by atoms with Gasteiger partial charge in [0.05, 0.1) is 11.1 Å². The maximum atomic E-state index is 12.4. The van der Waals surface area contributed by atoms with Gasteiger partial charge in [0, 0.05) is 6.54 Å². The first-order chi connectivity index (χ1) is 10.7. The maximum absolute atomic E-state index is 12.4. The fraction of sp³-hybridized carbons (Fsp3) is 0.263. The number of carbonyl (C=O) groups excluding carboxylic acids is 2. The van der Waals surface area contributed by atoms with Crippen LogP contribution in [0.4, 0.5) is 0 Å². The van der Waals surface area contributed by atoms with Gasteiger partial charge in [-0.15, -0.1) is 0 Å². The smallest absolute Gasteiger partial charge is 0.261 e. The quantitative estimate of drug-likeness (QED) is 0.791. The summed E-state index contributed by atoms with van der Waals surface area (Å²) in [5.41, 5.74) is 2.30. The van der Waals surface area contributed by atoms with Crippen LogP contribution in [0.2, 0.25) is 0 Å². The van der Waals surface area contributed by atoms with Gasteiger partial charge in [-0.3, -0.25) is 14.5 Å². The number of fused-ring (bicyclic) bond motifs is 1. The number of rotatable bonds is 5. The molecule has 1 heterocycles. The van der Waals surface area contributed by atoms with Gasteiger partial charge in [0.15, 0.2) is 0 Å². The Kier molecular flexibility index (Phi) is 4.05. The van der Waals surface area contributed by atoms with Crippen LogP contribution in [0.3, 0.4) is 0 Å². The second-order valence-electron chi connectivity index (χ2n) is 5.73. The Balaban J connectivity index is 1.75. The van der Waals surface area contributed by atoms with E-state index in [1.54, 1.807) is 24.3 Å². The zero-order chi connectivity index (χ0) is 15.5. The first-order valence-corrected chi connectivity index (χ1v) is 7.70. The van der Waals surface area contributed by atoms with Gasteiger partial charge < -0.3 is 0 Å². The zero-order valence-electron chi connectivity index (χ0n) is 12.7. The Morgan fingerprint density at radius 1 is 0.864 bits per heavy atom. The van der Waals surface area contributed by atoms with E-state index < -0.39 is 0 Å². The number of imide groups is 1. The minimum Gasteiger partial charge on any atom is -0.274 e. The van der Waals surface area contributed by atoms with E-state index in [-0.39, 0.29) is 17.7 Å². The summed E-state index contributed by atoms with van der Waals surface area (Å²) in [6.07, 6.45) is 1.81. The number of benzene rings is 2. The van der Waals surface area contributed by atoms with E-state index in [1.807, 2.05) is 18.2 Å². The van der Waals surface area contributed by atoms with Crippen molar-refractivity contribution in [3.63, 3.8) is 0 Å². The maximum Gasteiger partial charge on any atom is 0.261 e. The Hall–Kier alpha value is -2.42. The van der Waals surface area contributed by atoms with Gasteiger partial charge in [-0.1, -0.05) is 55.8 Å². The summed E-state index contributed by atoms with van der Waals surface area (Å²) in [6, 6.07) is 17.3. The Labute approximate surface area is 130 Å². The molecule has 1 atom stereocenters. The molecule has 2 aromatic carbocycles. The summed E-state index contributed by atoms with van der Waals surface area (Å²) in [5, 5.41) is 0. The Morgan fingerprint density at radius 3 is 1.95 bits per heavy atom. The number of nitrogens with zero attached hydrogens (tertiary/aromatic N) is 1. The molecule has 2 aromatic rings. The number of hydrogen-bond acceptors (Lipinski definition) is 2. The molecule has 2 amide bonds. The van der Waals surface area contributed by atoms with Crippen LogP contribution in [0.5, 0.6) is 0 Å². The lowest BCUT2D eigenvalue weighted by atomic mass is 9.96. The van der Waals surface area contributed by atoms with Crippen molar-refractivity contribution in [3.8, 4) is 0 Å². The van der Waals surface area contributed by atoms with Crippen LogP contribution in [-0.4, -0.2) is 23.3 Å². The minimum absolute atomic E-state index is 0.160. The highest BCUT2D eigenvalue weighted by Crippen LogP contribution is 2.25. The van der Waals surface area contributed by atoms with E-state index in [1.165, 1.54) is 10.5 Å². The van der Waals surface area contributed by atoms with Crippen molar-refractivity contribution in [2.45, 2.75) is 19.8 Å². The number of carbonyl (C=O) groups is 2. The largest absolute Gasteiger partial charge is 0.274 e. The van der Waals surface area contributed by atoms with Crippen LogP contribution in [0, 0.1) is 5.92 Å². The normalized spacial score (nSPS) is 15.0. The molecule has 0 unspecified atom stereocenters. The average Bonchev–Trinajstić information content (AvgIpc) is 2.80. The number of amides is 2. The second-order valence-corrected chi connectivity index (χ2v) is 5.73. The van der Waals surface area contributed by atoms with Gasteiger partial charge in [0.25, 0.3) is 11.8 Å². The first-order valence-electron chi connectivity index (χ1n) is 7.70. The molecule has 0 bridgehead atoms. The molecule has 0 saturated heterocycles. The van der Waals surface area contributed by atoms with Crippen LogP contribution in [0.1, 0.15) is 39.6 Å². The van der Waals surface area contributed by atoms with E-state index in [9.17, 15) is 9.59 Å². The SMILES string of the molecule is CC[C@@H](Cc1ccccc1)CN1C(=O)c2ccccc2C1=O. The highest BCUT2D eigenvalue weighted by Gasteiger charge is 2.35. The molecule has 1 aliphatic rings. The summed E-state index contributed by atoms with van der Waals surface area (Å²) in [4.78, 5) is 26.2. The van der Waals surface area contributed by atoms with Crippen molar-refractivity contribution in [2.75, 3.05) is 6.54 Å². The zero-order valence-corrected chi connectivity index (χ0v) is 12.7. The van der Waals surface area contributed by atoms with Crippen molar-refractivity contribution < 1.29 is 9.59 Å². The second kappa shape index (κ2) is 6.14. The molecule has 0 radical (unpaired) electrons. The fourth-order valence-corrected chi connectivity index (χ4v) is 2.95. The van der Waals surface area contributed by atoms with Crippen LogP contribution in [0.15, 0.2) is 54.6 Å². The topological polar surface area (TPSA) is 37.4 Å². The standard InChI is InChI=1S/C19H19NO2/c1-2-14(12-15-8-4-3-5-9-15)13-20-18(21)16-10-6-7-11-17(16)19(20)22/h3-11,14H,2,12-13H2,1H3/t14-/m0/s1. The van der Waals surface area contributed by atoms with E-state index in [0.717, 1.165) is 12.8 Å². The van der Waals surface area contributed by atoms with Gasteiger partial charge in [0.1, 0.15) is 0 Å². The molecule has 22 heavy (non-hydrogen) atoms. The van der Waals surface area contributed by atoms with Crippen LogP contribution < -0.4 is 0 Å². The molecule has 3 rings (SSSR count). The monoisotopic (exact) mass is 293 g/mol. The van der Waals surface area contributed by atoms with E-state index in [0.29, 0.717) is 17.7 Å². The van der Waals surface area contributed by atoms with Gasteiger partial charge in [-0.05, 0) is 30.0 Å². The summed E-state index contributed by atoms with van der Waals surface area (Å²) in [7, 11) is 0. The molecule has 0 aromatic heterocycles. The van der Waals surface area contributed by atoms with Crippen molar-refractivity contribution >= 4 is 11.8 Å². The third-order valence-electron chi connectivity index (χ3n) is 4.26. The third kappa shape index (κ3) is 2.67. The van der Waals surface area contributed by atoms with Crippen molar-refractivity contribution in [1.29, 1.82) is 0 Å².